The number of ether oxygens (including phenoxy) is 8. The fraction of sp³-hybridized carbons (Fsp3) is 0.409. The molecule has 168 valence electrons. The number of rotatable bonds is 13. The Hall–Kier alpha value is -2.85. The fourth-order valence-corrected chi connectivity index (χ4v) is 2.99. The van der Waals surface area contributed by atoms with E-state index in [1.807, 2.05) is 24.3 Å². The zero-order valence-corrected chi connectivity index (χ0v) is 17.9. The van der Waals surface area contributed by atoms with Gasteiger partial charge < -0.3 is 37.9 Å². The van der Waals surface area contributed by atoms with Gasteiger partial charge in [-0.3, -0.25) is 4.79 Å². The number of carbonyl (C=O) groups is 1. The van der Waals surface area contributed by atoms with Gasteiger partial charge in [-0.15, -0.1) is 0 Å². The molecule has 3 rings (SSSR count). The van der Waals surface area contributed by atoms with E-state index in [-0.39, 0.29) is 49.3 Å². The van der Waals surface area contributed by atoms with Gasteiger partial charge in [0.05, 0.1) is 7.11 Å². The molecule has 1 aliphatic heterocycles. The summed E-state index contributed by atoms with van der Waals surface area (Å²) >= 11 is 0. The Kier molecular flexibility index (Phi) is 8.07. The predicted molar refractivity (Wildman–Crippen MR) is 109 cm³/mol. The van der Waals surface area contributed by atoms with Gasteiger partial charge in [0.2, 0.25) is 5.78 Å². The van der Waals surface area contributed by atoms with Crippen LogP contribution < -0.4 is 18.9 Å². The van der Waals surface area contributed by atoms with E-state index in [2.05, 4.69) is 0 Å². The number of Topliss-reactive ketones (excluding diaryl/α,β-unsaturated/α-hetero) is 1. The van der Waals surface area contributed by atoms with E-state index < -0.39 is 6.10 Å². The summed E-state index contributed by atoms with van der Waals surface area (Å²) in [5.41, 5.74) is 1.10. The van der Waals surface area contributed by atoms with Gasteiger partial charge in [0.25, 0.3) is 0 Å². The number of benzene rings is 2. The Bertz CT molecular complexity index is 837. The van der Waals surface area contributed by atoms with Crippen molar-refractivity contribution in [3.8, 4) is 23.0 Å². The standard InChI is InChI=1S/C22H26O9/c1-24-11-28-16-9-17(29-12-25-2)19(18(10-16)30-13-26-3)20(23)22-21(31-22)14-5-7-15(27-4)8-6-14/h5-10,21-22H,11-13H2,1-4H3/t21-,22-/m1/s1. The van der Waals surface area contributed by atoms with Crippen LogP contribution in [-0.2, 0) is 18.9 Å². The highest BCUT2D eigenvalue weighted by molar-refractivity contribution is 6.06. The summed E-state index contributed by atoms with van der Waals surface area (Å²) in [6, 6.07) is 10.5. The van der Waals surface area contributed by atoms with Gasteiger partial charge in [-0.1, -0.05) is 12.1 Å². The van der Waals surface area contributed by atoms with Crippen LogP contribution in [0.25, 0.3) is 0 Å². The lowest BCUT2D eigenvalue weighted by Gasteiger charge is -2.17. The van der Waals surface area contributed by atoms with E-state index in [4.69, 9.17) is 37.9 Å². The van der Waals surface area contributed by atoms with Crippen molar-refractivity contribution in [2.75, 3.05) is 48.8 Å². The van der Waals surface area contributed by atoms with Crippen molar-refractivity contribution in [3.63, 3.8) is 0 Å². The highest BCUT2D eigenvalue weighted by Gasteiger charge is 2.48. The monoisotopic (exact) mass is 434 g/mol. The minimum Gasteiger partial charge on any atom is -0.497 e. The molecule has 0 N–H and O–H groups in total. The minimum atomic E-state index is -0.672. The summed E-state index contributed by atoms with van der Waals surface area (Å²) in [7, 11) is 6.07. The summed E-state index contributed by atoms with van der Waals surface area (Å²) in [5, 5.41) is 0. The van der Waals surface area contributed by atoms with Gasteiger partial charge in [0, 0.05) is 33.5 Å². The van der Waals surface area contributed by atoms with Gasteiger partial charge >= 0.3 is 0 Å². The molecule has 2 aromatic rings. The molecular weight excluding hydrogens is 408 g/mol. The van der Waals surface area contributed by atoms with E-state index in [0.717, 1.165) is 11.3 Å². The lowest BCUT2D eigenvalue weighted by molar-refractivity contribution is 0.0397. The molecule has 0 saturated carbocycles. The lowest BCUT2D eigenvalue weighted by Crippen LogP contribution is -2.15. The van der Waals surface area contributed by atoms with Crippen molar-refractivity contribution in [1.29, 1.82) is 0 Å². The van der Waals surface area contributed by atoms with Gasteiger partial charge in [0.1, 0.15) is 34.7 Å². The van der Waals surface area contributed by atoms with Gasteiger partial charge in [-0.2, -0.15) is 0 Å². The molecule has 0 aliphatic carbocycles. The zero-order valence-electron chi connectivity index (χ0n) is 17.9. The largest absolute Gasteiger partial charge is 0.497 e. The summed E-state index contributed by atoms with van der Waals surface area (Å²) in [6.07, 6.45) is -1.04. The number of carbonyl (C=O) groups excluding carboxylic acids is 1. The molecule has 0 spiro atoms. The number of hydrogen-bond acceptors (Lipinski definition) is 9. The third-order valence-corrected chi connectivity index (χ3v) is 4.49. The van der Waals surface area contributed by atoms with Crippen molar-refractivity contribution in [2.45, 2.75) is 12.2 Å². The summed E-state index contributed by atoms with van der Waals surface area (Å²) in [5.74, 6) is 1.34. The molecule has 2 aromatic carbocycles. The first-order valence-corrected chi connectivity index (χ1v) is 9.49. The Labute approximate surface area is 180 Å². The summed E-state index contributed by atoms with van der Waals surface area (Å²) < 4.78 is 42.6. The average Bonchev–Trinajstić information content (AvgIpc) is 3.60. The van der Waals surface area contributed by atoms with E-state index >= 15 is 0 Å². The summed E-state index contributed by atoms with van der Waals surface area (Å²) in [4.78, 5) is 13.4. The van der Waals surface area contributed by atoms with E-state index in [0.29, 0.717) is 5.75 Å². The zero-order chi connectivity index (χ0) is 22.2. The smallest absolute Gasteiger partial charge is 0.202 e. The Morgan fingerprint density at radius 2 is 1.35 bits per heavy atom. The molecule has 1 fully saturated rings. The number of methoxy groups -OCH3 is 4. The first-order valence-electron chi connectivity index (χ1n) is 9.49. The second-order valence-corrected chi connectivity index (χ2v) is 6.56. The highest BCUT2D eigenvalue weighted by atomic mass is 16.7. The van der Waals surface area contributed by atoms with Crippen LogP contribution in [0.3, 0.4) is 0 Å². The Morgan fingerprint density at radius 3 is 1.87 bits per heavy atom. The van der Waals surface area contributed by atoms with Crippen LogP contribution in [0.4, 0.5) is 0 Å². The number of ketones is 1. The summed E-state index contributed by atoms with van der Waals surface area (Å²) in [6.45, 7) is -0.109. The van der Waals surface area contributed by atoms with E-state index in [9.17, 15) is 4.79 Å². The Morgan fingerprint density at radius 1 is 0.806 bits per heavy atom. The van der Waals surface area contributed by atoms with Crippen molar-refractivity contribution in [1.82, 2.24) is 0 Å². The molecular formula is C22H26O9. The molecule has 2 atom stereocenters. The van der Waals surface area contributed by atoms with Crippen molar-refractivity contribution in [2.24, 2.45) is 0 Å². The van der Waals surface area contributed by atoms with Crippen LogP contribution in [0.5, 0.6) is 23.0 Å². The second-order valence-electron chi connectivity index (χ2n) is 6.56. The molecule has 1 saturated heterocycles. The number of epoxide rings is 1. The maximum absolute atomic E-state index is 13.4. The predicted octanol–water partition coefficient (Wildman–Crippen LogP) is 2.97. The second kappa shape index (κ2) is 11.0. The maximum Gasteiger partial charge on any atom is 0.202 e. The molecule has 0 radical (unpaired) electrons. The third kappa shape index (κ3) is 5.65. The van der Waals surface area contributed by atoms with Crippen LogP contribution in [0.2, 0.25) is 0 Å². The third-order valence-electron chi connectivity index (χ3n) is 4.49. The molecule has 0 amide bonds. The Balaban J connectivity index is 1.89. The average molecular weight is 434 g/mol. The van der Waals surface area contributed by atoms with Crippen LogP contribution in [0.15, 0.2) is 36.4 Å². The quantitative estimate of drug-likeness (QED) is 0.268. The van der Waals surface area contributed by atoms with Crippen molar-refractivity contribution < 1.29 is 42.7 Å². The van der Waals surface area contributed by atoms with Crippen LogP contribution >= 0.6 is 0 Å². The first kappa shape index (κ1) is 22.8. The topological polar surface area (TPSA) is 94.2 Å². The normalized spacial score (nSPS) is 17.2. The molecule has 9 nitrogen and oxygen atoms in total. The van der Waals surface area contributed by atoms with E-state index in [1.165, 1.54) is 21.3 Å². The molecule has 9 heteroatoms. The van der Waals surface area contributed by atoms with Crippen molar-refractivity contribution >= 4 is 5.78 Å². The molecule has 31 heavy (non-hydrogen) atoms. The molecule has 0 unspecified atom stereocenters. The van der Waals surface area contributed by atoms with Crippen LogP contribution in [0.1, 0.15) is 22.0 Å². The highest BCUT2D eigenvalue weighted by Crippen LogP contribution is 2.45. The van der Waals surface area contributed by atoms with Gasteiger partial charge in [-0.25, -0.2) is 0 Å². The lowest BCUT2D eigenvalue weighted by atomic mass is 10.0. The SMILES string of the molecule is COCOc1cc(OCOC)c(C(=O)[C@H]2O[C@@H]2c2ccc(OC)cc2)c(OCOC)c1. The van der Waals surface area contributed by atoms with Crippen LogP contribution in [-0.4, -0.2) is 60.7 Å². The van der Waals surface area contributed by atoms with Gasteiger partial charge in [-0.05, 0) is 17.7 Å². The molecule has 1 heterocycles. The fourth-order valence-electron chi connectivity index (χ4n) is 2.99. The minimum absolute atomic E-state index is 0.0198. The maximum atomic E-state index is 13.4. The molecule has 0 bridgehead atoms. The molecule has 1 aliphatic rings. The van der Waals surface area contributed by atoms with Crippen LogP contribution in [0, 0.1) is 0 Å². The molecule has 0 aromatic heterocycles. The number of hydrogen-bond donors (Lipinski definition) is 0. The first-order chi connectivity index (χ1) is 15.1. The van der Waals surface area contributed by atoms with Crippen molar-refractivity contribution in [3.05, 3.63) is 47.5 Å². The van der Waals surface area contributed by atoms with E-state index in [1.54, 1.807) is 19.2 Å². The van der Waals surface area contributed by atoms with Gasteiger partial charge in [0.15, 0.2) is 26.5 Å².